The van der Waals surface area contributed by atoms with E-state index in [1.807, 2.05) is 19.0 Å². The Balaban J connectivity index is 1.87. The highest BCUT2D eigenvalue weighted by molar-refractivity contribution is 5.82. The van der Waals surface area contributed by atoms with Gasteiger partial charge in [0.1, 0.15) is 17.7 Å². The largest absolute Gasteiger partial charge is 0.481 e. The number of aryl methyl sites for hydroxylation is 3. The highest BCUT2D eigenvalue weighted by atomic mass is 19.4. The molecule has 0 saturated heterocycles. The van der Waals surface area contributed by atoms with E-state index >= 15 is 4.39 Å². The van der Waals surface area contributed by atoms with Gasteiger partial charge in [-0.25, -0.2) is 8.78 Å². The minimum Gasteiger partial charge on any atom is -0.481 e. The van der Waals surface area contributed by atoms with E-state index in [9.17, 15) is 37.1 Å². The first kappa shape index (κ1) is 36.8. The van der Waals surface area contributed by atoms with E-state index in [1.165, 1.54) is 22.8 Å². The Labute approximate surface area is 276 Å². The van der Waals surface area contributed by atoms with Gasteiger partial charge in [0.25, 0.3) is 5.56 Å². The Morgan fingerprint density at radius 2 is 1.73 bits per heavy atom. The van der Waals surface area contributed by atoms with Gasteiger partial charge in [0.05, 0.1) is 18.0 Å². The molecule has 2 atom stereocenters. The minimum absolute atomic E-state index is 0.0684. The number of halogens is 5. The standard InChI is InChI=1S/C36H42F5N3O4/c1-22-16-26(37)17-24-11-7-5-4-6-8-12-30(44-21-23(13-14-31(44)45)10-9-15-43(2)3)35(48)42-29(20-32(46)47)27-18-25(33(22)24)19-28(34(27)38)36(39,40)41/h13-14,16-19,21,29-30H,4-12,15,20H2,1-3H3,(H,42,48)(H,46,47)/t29-,30-/m0/s1. The number of carboxylic acids is 1. The Morgan fingerprint density at radius 1 is 1.02 bits per heavy atom. The minimum atomic E-state index is -5.16. The molecule has 0 radical (unpaired) electrons. The van der Waals surface area contributed by atoms with E-state index in [0.29, 0.717) is 54.9 Å². The number of alkyl halides is 3. The number of aliphatic carboxylic acids is 1. The second kappa shape index (κ2) is 15.9. The number of amides is 1. The van der Waals surface area contributed by atoms with Crippen LogP contribution in [0.3, 0.4) is 0 Å². The summed E-state index contributed by atoms with van der Waals surface area (Å²) in [5.41, 5.74) is -0.948. The second-order valence-electron chi connectivity index (χ2n) is 12.9. The van der Waals surface area contributed by atoms with Gasteiger partial charge in [-0.05, 0) is 112 Å². The number of pyridine rings is 1. The summed E-state index contributed by atoms with van der Waals surface area (Å²) in [4.78, 5) is 41.1. The van der Waals surface area contributed by atoms with Gasteiger partial charge in [-0.2, -0.15) is 13.2 Å². The first-order valence-corrected chi connectivity index (χ1v) is 16.2. The van der Waals surface area contributed by atoms with E-state index in [0.717, 1.165) is 37.4 Å². The molecule has 1 amide bonds. The van der Waals surface area contributed by atoms with Gasteiger partial charge in [-0.3, -0.25) is 14.4 Å². The van der Waals surface area contributed by atoms with Crippen LogP contribution in [0.2, 0.25) is 0 Å². The molecule has 48 heavy (non-hydrogen) atoms. The maximum atomic E-state index is 15.9. The molecule has 2 bridgehead atoms. The molecule has 2 aromatic carbocycles. The van der Waals surface area contributed by atoms with Crippen LogP contribution in [0.5, 0.6) is 0 Å². The van der Waals surface area contributed by atoms with Gasteiger partial charge < -0.3 is 19.9 Å². The average molecular weight is 676 g/mol. The Bertz CT molecular complexity index is 1690. The maximum absolute atomic E-state index is 15.9. The molecule has 1 aliphatic rings. The smallest absolute Gasteiger partial charge is 0.419 e. The molecule has 7 nitrogen and oxygen atoms in total. The maximum Gasteiger partial charge on any atom is 0.419 e. The van der Waals surface area contributed by atoms with Crippen molar-refractivity contribution in [1.29, 1.82) is 0 Å². The molecule has 1 aromatic heterocycles. The van der Waals surface area contributed by atoms with Crippen LogP contribution >= 0.6 is 0 Å². The number of carbonyl (C=O) groups is 2. The summed E-state index contributed by atoms with van der Waals surface area (Å²) in [6.07, 6.45) is 0.787. The van der Waals surface area contributed by atoms with Crippen molar-refractivity contribution in [3.63, 3.8) is 0 Å². The fourth-order valence-corrected chi connectivity index (χ4v) is 6.48. The highest BCUT2D eigenvalue weighted by Gasteiger charge is 2.38. The van der Waals surface area contributed by atoms with Gasteiger partial charge in [0.15, 0.2) is 0 Å². The van der Waals surface area contributed by atoms with Crippen LogP contribution in [0, 0.1) is 18.6 Å². The van der Waals surface area contributed by atoms with Crippen molar-refractivity contribution in [3.05, 3.63) is 92.4 Å². The number of hydrogen-bond donors (Lipinski definition) is 2. The number of carboxylic acid groups (broad SMARTS) is 1. The first-order chi connectivity index (χ1) is 22.6. The SMILES string of the molecule is Cc1cc(F)cc2c1-c1cc(c(F)c(C(F)(F)F)c1)[C@H](CC(=O)O)NC(=O)[C@@H](n1cc(CCCN(C)C)ccc1=O)CCCCCCC2. The van der Waals surface area contributed by atoms with Crippen LogP contribution in [0.4, 0.5) is 22.0 Å². The Kier molecular flexibility index (Phi) is 12.2. The number of rotatable bonds is 7. The first-order valence-electron chi connectivity index (χ1n) is 16.2. The second-order valence-corrected chi connectivity index (χ2v) is 12.9. The number of benzene rings is 2. The predicted molar refractivity (Wildman–Crippen MR) is 173 cm³/mol. The summed E-state index contributed by atoms with van der Waals surface area (Å²) in [6, 6.07) is 4.41. The van der Waals surface area contributed by atoms with Gasteiger partial charge in [0.2, 0.25) is 5.91 Å². The number of nitrogens with one attached hydrogen (secondary N) is 1. The number of hydrogen-bond acceptors (Lipinski definition) is 4. The third kappa shape index (κ3) is 9.30. The molecule has 1 aliphatic heterocycles. The topological polar surface area (TPSA) is 91.6 Å². The number of fused-ring (bicyclic) bond motifs is 4. The summed E-state index contributed by atoms with van der Waals surface area (Å²) in [7, 11) is 3.88. The Morgan fingerprint density at radius 3 is 2.42 bits per heavy atom. The molecule has 0 saturated carbocycles. The average Bonchev–Trinajstić information content (AvgIpc) is 2.98. The number of carbonyl (C=O) groups excluding carboxylic acids is 1. The molecule has 3 aromatic rings. The summed E-state index contributed by atoms with van der Waals surface area (Å²) >= 11 is 0. The van der Waals surface area contributed by atoms with Crippen LogP contribution in [0.1, 0.15) is 91.3 Å². The lowest BCUT2D eigenvalue weighted by atomic mass is 9.87. The van der Waals surface area contributed by atoms with Crippen LogP contribution in [0.25, 0.3) is 11.1 Å². The predicted octanol–water partition coefficient (Wildman–Crippen LogP) is 7.38. The van der Waals surface area contributed by atoms with Crippen molar-refractivity contribution >= 4 is 11.9 Å². The quantitative estimate of drug-likeness (QED) is 0.255. The molecule has 2 N–H and O–H groups in total. The molecule has 0 unspecified atom stereocenters. The van der Waals surface area contributed by atoms with Crippen molar-refractivity contribution < 1.29 is 36.6 Å². The molecule has 2 heterocycles. The molecule has 12 heteroatoms. The van der Waals surface area contributed by atoms with Gasteiger partial charge in [0, 0.05) is 17.8 Å². The molecule has 0 aliphatic carbocycles. The normalized spacial score (nSPS) is 18.0. The van der Waals surface area contributed by atoms with Crippen LogP contribution in [-0.2, 0) is 28.6 Å². The zero-order chi connectivity index (χ0) is 35.2. The molecule has 4 rings (SSSR count). The van der Waals surface area contributed by atoms with E-state index < -0.39 is 64.9 Å². The molecule has 0 fully saturated rings. The van der Waals surface area contributed by atoms with Gasteiger partial charge in [-0.1, -0.05) is 31.7 Å². The van der Waals surface area contributed by atoms with E-state index in [4.69, 9.17) is 0 Å². The zero-order valence-electron chi connectivity index (χ0n) is 27.4. The van der Waals surface area contributed by atoms with Crippen molar-refractivity contribution in [3.8, 4) is 11.1 Å². The van der Waals surface area contributed by atoms with Crippen molar-refractivity contribution in [2.75, 3.05) is 20.6 Å². The van der Waals surface area contributed by atoms with Crippen LogP contribution in [0.15, 0.2) is 47.4 Å². The van der Waals surface area contributed by atoms with Crippen molar-refractivity contribution in [1.82, 2.24) is 14.8 Å². The van der Waals surface area contributed by atoms with E-state index in [1.54, 1.807) is 19.2 Å². The third-order valence-electron chi connectivity index (χ3n) is 8.78. The highest BCUT2D eigenvalue weighted by Crippen LogP contribution is 2.40. The van der Waals surface area contributed by atoms with E-state index in [2.05, 4.69) is 5.32 Å². The monoisotopic (exact) mass is 675 g/mol. The molecular formula is C36H42F5N3O4. The van der Waals surface area contributed by atoms with Crippen LogP contribution < -0.4 is 10.9 Å². The molecular weight excluding hydrogens is 633 g/mol. The van der Waals surface area contributed by atoms with Gasteiger partial charge >= 0.3 is 12.1 Å². The lowest BCUT2D eigenvalue weighted by Crippen LogP contribution is -2.40. The van der Waals surface area contributed by atoms with Crippen LogP contribution in [-0.4, -0.2) is 47.1 Å². The fraction of sp³-hybridized carbons (Fsp3) is 0.472. The van der Waals surface area contributed by atoms with Crippen molar-refractivity contribution in [2.45, 2.75) is 89.4 Å². The zero-order valence-corrected chi connectivity index (χ0v) is 27.4. The third-order valence-corrected chi connectivity index (χ3v) is 8.78. The lowest BCUT2D eigenvalue weighted by molar-refractivity contribution is -0.140. The fourth-order valence-electron chi connectivity index (χ4n) is 6.48. The summed E-state index contributed by atoms with van der Waals surface area (Å²) in [5.74, 6) is -4.56. The lowest BCUT2D eigenvalue weighted by Gasteiger charge is -2.26. The van der Waals surface area contributed by atoms with Crippen molar-refractivity contribution in [2.24, 2.45) is 0 Å². The molecule has 0 spiro atoms. The van der Waals surface area contributed by atoms with Gasteiger partial charge in [-0.15, -0.1) is 0 Å². The number of nitrogens with zero attached hydrogens (tertiary/aromatic N) is 2. The summed E-state index contributed by atoms with van der Waals surface area (Å²) in [5, 5.41) is 12.3. The van der Waals surface area contributed by atoms with E-state index in [-0.39, 0.29) is 12.0 Å². The summed E-state index contributed by atoms with van der Waals surface area (Å²) in [6.45, 7) is 2.34. The Hall–Kier alpha value is -4.06. The number of aromatic nitrogens is 1. The molecule has 260 valence electrons. The summed E-state index contributed by atoms with van der Waals surface area (Å²) < 4.78 is 74.6.